The molecule has 0 unspecified atom stereocenters. The third kappa shape index (κ3) is 22.3. The number of nitrogens with zero attached hydrogens (tertiary/aromatic N) is 1. The van der Waals surface area contributed by atoms with Crippen LogP contribution in [0.4, 0.5) is 0 Å². The van der Waals surface area contributed by atoms with Crippen LogP contribution < -0.4 is 0 Å². The number of hydrogen-bond donors (Lipinski definition) is 0. The highest BCUT2D eigenvalue weighted by atomic mass is 32.2. The van der Waals surface area contributed by atoms with Crippen molar-refractivity contribution in [2.24, 2.45) is 0 Å². The maximum atomic E-state index is 12.6. The molecule has 0 saturated heterocycles. The molecule has 0 heterocycles. The molecule has 0 spiro atoms. The van der Waals surface area contributed by atoms with Gasteiger partial charge in [-0.05, 0) is 82.7 Å². The van der Waals surface area contributed by atoms with Crippen molar-refractivity contribution in [1.29, 1.82) is 0 Å². The van der Waals surface area contributed by atoms with Gasteiger partial charge < -0.3 is 22.1 Å². The van der Waals surface area contributed by atoms with E-state index in [1.54, 1.807) is 0 Å². The van der Waals surface area contributed by atoms with Gasteiger partial charge in [0.1, 0.15) is 5.78 Å². The zero-order chi connectivity index (χ0) is 30.2. The van der Waals surface area contributed by atoms with E-state index in [0.717, 1.165) is 68.6 Å². The lowest BCUT2D eigenvalue weighted by Gasteiger charge is -2.37. The zero-order valence-electron chi connectivity index (χ0n) is 25.9. The average molecular weight is 640 g/mol. The van der Waals surface area contributed by atoms with Gasteiger partial charge in [0.25, 0.3) is 17.4 Å². The highest BCUT2D eigenvalue weighted by Gasteiger charge is 2.42. The fourth-order valence-corrected chi connectivity index (χ4v) is 24.7. The van der Waals surface area contributed by atoms with Crippen LogP contribution in [0.15, 0.2) is 0 Å². The average Bonchev–Trinajstić information content (AvgIpc) is 2.79. The summed E-state index contributed by atoms with van der Waals surface area (Å²) in [6, 6.07) is 2.20. The Balaban J connectivity index is 4.46. The topological polar surface area (TPSA) is 118 Å². The second-order valence-electron chi connectivity index (χ2n) is 12.8. The molecule has 0 fully saturated rings. The highest BCUT2D eigenvalue weighted by Crippen LogP contribution is 2.30. The first kappa shape index (κ1) is 39.0. The third-order valence-electron chi connectivity index (χ3n) is 7.06. The van der Waals surface area contributed by atoms with E-state index < -0.39 is 44.1 Å². The lowest BCUT2D eigenvalue weighted by Crippen LogP contribution is -2.50. The number of unbranched alkanes of at least 4 members (excludes halogenated alkanes) is 5. The van der Waals surface area contributed by atoms with E-state index in [-0.39, 0.29) is 5.75 Å². The minimum absolute atomic E-state index is 0.273. The van der Waals surface area contributed by atoms with Crippen LogP contribution >= 0.6 is 0 Å². The second kappa shape index (κ2) is 19.2. The first-order valence-electron chi connectivity index (χ1n) is 14.9. The SMILES string of the molecule is CC[Si](=O)C[Si](CCCCC(=O)CCCCC[N+](C)(C)CCCCCS(=O)(=O)[O-])(C[Si](=O)CC)O[Si](C)(C)C. The molecule has 0 rings (SSSR count). The molecule has 8 nitrogen and oxygen atoms in total. The molecule has 0 aromatic rings. The van der Waals surface area contributed by atoms with Gasteiger partial charge in [-0.25, -0.2) is 8.42 Å². The Morgan fingerprint density at radius 3 is 1.69 bits per heavy atom. The minimum atomic E-state index is -4.11. The van der Waals surface area contributed by atoms with Gasteiger partial charge in [-0.3, -0.25) is 4.79 Å². The number of carbonyl (C=O) groups is 1. The summed E-state index contributed by atoms with van der Waals surface area (Å²) in [4.78, 5) is 12.5. The number of hydrogen-bond acceptors (Lipinski definition) is 7. The summed E-state index contributed by atoms with van der Waals surface area (Å²) < 4.78 is 65.0. The van der Waals surface area contributed by atoms with Crippen LogP contribution in [0, 0.1) is 0 Å². The van der Waals surface area contributed by atoms with Gasteiger partial charge >= 0.3 is 0 Å². The molecule has 0 bridgehead atoms. The fourth-order valence-electron chi connectivity index (χ4n) is 5.02. The van der Waals surface area contributed by atoms with E-state index in [1.807, 2.05) is 13.8 Å². The Bertz CT molecular complexity index is 843. The Morgan fingerprint density at radius 1 is 0.795 bits per heavy atom. The van der Waals surface area contributed by atoms with Crippen molar-refractivity contribution in [1.82, 2.24) is 0 Å². The summed E-state index contributed by atoms with van der Waals surface area (Å²) in [6.07, 6.45) is 7.92. The molecule has 0 aromatic carbocycles. The maximum absolute atomic E-state index is 12.6. The largest absolute Gasteiger partial charge is 0.748 e. The highest BCUT2D eigenvalue weighted by molar-refractivity contribution is 7.85. The van der Waals surface area contributed by atoms with Crippen molar-refractivity contribution in [2.45, 2.75) is 127 Å². The number of carbonyl (C=O) groups excluding carboxylic acids is 1. The van der Waals surface area contributed by atoms with Gasteiger partial charge in [-0.15, -0.1) is 0 Å². The van der Waals surface area contributed by atoms with E-state index >= 15 is 0 Å². The van der Waals surface area contributed by atoms with Crippen LogP contribution in [0.3, 0.4) is 0 Å². The van der Waals surface area contributed by atoms with E-state index in [1.165, 1.54) is 0 Å². The van der Waals surface area contributed by atoms with Crippen LogP contribution in [0.25, 0.3) is 0 Å². The molecule has 0 amide bonds. The summed E-state index contributed by atoms with van der Waals surface area (Å²) in [7, 11) is -7.46. The molecule has 0 atom stereocenters. The van der Waals surface area contributed by atoms with Crippen molar-refractivity contribution < 1.29 is 35.3 Å². The smallest absolute Gasteiger partial charge is 0.275 e. The second-order valence-corrected chi connectivity index (χ2v) is 28.6. The summed E-state index contributed by atoms with van der Waals surface area (Å²) in [5.74, 6) is 0.0322. The van der Waals surface area contributed by atoms with Gasteiger partial charge in [-0.2, -0.15) is 0 Å². The number of quaternary nitrogens is 1. The lowest BCUT2D eigenvalue weighted by atomic mass is 10.1. The van der Waals surface area contributed by atoms with Gasteiger partial charge in [0.05, 0.1) is 37.3 Å². The predicted molar refractivity (Wildman–Crippen MR) is 166 cm³/mol. The lowest BCUT2D eigenvalue weighted by molar-refractivity contribution is -0.890. The number of ketones is 1. The zero-order valence-corrected chi connectivity index (χ0v) is 30.8. The number of rotatable bonds is 25. The molecule has 0 aromatic heterocycles. The van der Waals surface area contributed by atoms with Gasteiger partial charge in [0.2, 0.25) is 0 Å². The fraction of sp³-hybridized carbons (Fsp3) is 0.962. The molecule has 0 radical (unpaired) electrons. The van der Waals surface area contributed by atoms with E-state index in [9.17, 15) is 26.7 Å². The molecule has 0 saturated carbocycles. The van der Waals surface area contributed by atoms with Crippen LogP contribution in [0.5, 0.6) is 0 Å². The Morgan fingerprint density at radius 2 is 1.26 bits per heavy atom. The van der Waals surface area contributed by atoms with Gasteiger partial charge in [0, 0.05) is 29.9 Å². The van der Waals surface area contributed by atoms with Crippen molar-refractivity contribution in [3.8, 4) is 0 Å². The van der Waals surface area contributed by atoms with E-state index in [2.05, 4.69) is 33.7 Å². The standard InChI is InChI=1S/C26H57NO7SSi4/c1-8-36(32)24-39(25-37(33)9-2,34-38(5,6)7)23-17-13-19-26(28)18-12-10-14-20-27(3,4)21-15-11-16-22-35(29,30)31/h8-25H2,1-7H3. The molecule has 0 aliphatic carbocycles. The van der Waals surface area contributed by atoms with Crippen molar-refractivity contribution in [3.63, 3.8) is 0 Å². The Hall–Kier alpha value is -0.0325. The Labute approximate surface area is 244 Å². The maximum Gasteiger partial charge on any atom is 0.275 e. The predicted octanol–water partition coefficient (Wildman–Crippen LogP) is 5.84. The quantitative estimate of drug-likeness (QED) is 0.0533. The summed E-state index contributed by atoms with van der Waals surface area (Å²) >= 11 is 0. The van der Waals surface area contributed by atoms with Crippen LogP contribution in [-0.4, -0.2) is 90.2 Å². The van der Waals surface area contributed by atoms with Crippen molar-refractivity contribution in [3.05, 3.63) is 0 Å². The molecule has 39 heavy (non-hydrogen) atoms. The molecule has 0 aliphatic heterocycles. The summed E-state index contributed by atoms with van der Waals surface area (Å²) in [6.45, 7) is 12.4. The molecular weight excluding hydrogens is 583 g/mol. The van der Waals surface area contributed by atoms with Gasteiger partial charge in [-0.1, -0.05) is 20.3 Å². The summed E-state index contributed by atoms with van der Waals surface area (Å²) in [5, 5.41) is 0. The number of Topliss-reactive ketones (excluding diaryl/α,β-unsaturated/α-hetero) is 1. The molecular formula is C26H57NO7SSi4. The van der Waals surface area contributed by atoms with Crippen molar-refractivity contribution >= 4 is 49.9 Å². The van der Waals surface area contributed by atoms with Crippen LogP contribution in [0.1, 0.15) is 78.1 Å². The molecule has 230 valence electrons. The first-order chi connectivity index (χ1) is 17.9. The molecule has 0 N–H and O–H groups in total. The van der Waals surface area contributed by atoms with E-state index in [4.69, 9.17) is 4.12 Å². The van der Waals surface area contributed by atoms with Crippen molar-refractivity contribution in [2.75, 3.05) is 32.9 Å². The minimum Gasteiger partial charge on any atom is -0.748 e. The van der Waals surface area contributed by atoms with Crippen LogP contribution in [-0.2, 0) is 28.0 Å². The summed E-state index contributed by atoms with van der Waals surface area (Å²) in [5.41, 5.74) is 1.28. The van der Waals surface area contributed by atoms with Crippen LogP contribution in [0.2, 0.25) is 49.1 Å². The third-order valence-corrected chi connectivity index (χ3v) is 23.2. The molecule has 13 heteroatoms. The normalized spacial score (nSPS) is 13.0. The first-order valence-corrected chi connectivity index (χ1v) is 26.1. The van der Waals surface area contributed by atoms with E-state index in [0.29, 0.717) is 48.5 Å². The Kier molecular flexibility index (Phi) is 19.2. The monoisotopic (exact) mass is 639 g/mol. The molecule has 0 aliphatic rings. The van der Waals surface area contributed by atoms with Gasteiger partial charge in [0.15, 0.2) is 16.6 Å².